The van der Waals surface area contributed by atoms with E-state index in [0.717, 1.165) is 11.1 Å². The third kappa shape index (κ3) is 3.06. The summed E-state index contributed by atoms with van der Waals surface area (Å²) in [5.41, 5.74) is -1.76. The van der Waals surface area contributed by atoms with Crippen molar-refractivity contribution in [3.63, 3.8) is 0 Å². The first-order valence-electron chi connectivity index (χ1n) is 5.13. The van der Waals surface area contributed by atoms with E-state index in [-0.39, 0.29) is 12.1 Å². The zero-order chi connectivity index (χ0) is 13.9. The summed E-state index contributed by atoms with van der Waals surface area (Å²) >= 11 is 0. The first-order valence-corrected chi connectivity index (χ1v) is 5.13. The number of nitrogens with zero attached hydrogens (tertiary/aromatic N) is 1. The summed E-state index contributed by atoms with van der Waals surface area (Å²) in [6.07, 6.45) is 1.01. The topological polar surface area (TPSA) is 123 Å². The largest absolute Gasteiger partial charge is 0.481 e. The SMILES string of the molecule is CC(CN(C)C(=O)c1c[nH]c(=O)[nH]c1=O)C(=O)O. The third-order valence-corrected chi connectivity index (χ3v) is 2.37. The van der Waals surface area contributed by atoms with E-state index in [4.69, 9.17) is 5.11 Å². The van der Waals surface area contributed by atoms with Crippen LogP contribution in [0.2, 0.25) is 0 Å². The molecule has 18 heavy (non-hydrogen) atoms. The fourth-order valence-electron chi connectivity index (χ4n) is 1.35. The van der Waals surface area contributed by atoms with E-state index in [9.17, 15) is 19.2 Å². The van der Waals surface area contributed by atoms with E-state index < -0.39 is 29.0 Å². The predicted octanol–water partition coefficient (Wildman–Crippen LogP) is -1.14. The van der Waals surface area contributed by atoms with Crippen LogP contribution in [0.4, 0.5) is 0 Å². The van der Waals surface area contributed by atoms with Crippen molar-refractivity contribution in [2.45, 2.75) is 6.92 Å². The fraction of sp³-hybridized carbons (Fsp3) is 0.400. The molecule has 1 rings (SSSR count). The standard InChI is InChI=1S/C10H13N3O5/c1-5(9(16)17)4-13(2)8(15)6-3-11-10(18)12-7(6)14/h3,5H,4H2,1-2H3,(H,16,17)(H2,11,12,14,18). The average Bonchev–Trinajstić information content (AvgIpc) is 2.27. The van der Waals surface area contributed by atoms with E-state index in [1.54, 1.807) is 0 Å². The number of carboxylic acid groups (broad SMARTS) is 1. The van der Waals surface area contributed by atoms with Crippen molar-refractivity contribution in [3.05, 3.63) is 32.6 Å². The number of carbonyl (C=O) groups excluding carboxylic acids is 1. The van der Waals surface area contributed by atoms with Crippen LogP contribution in [0.1, 0.15) is 17.3 Å². The minimum atomic E-state index is -1.04. The van der Waals surface area contributed by atoms with Gasteiger partial charge in [-0.15, -0.1) is 0 Å². The van der Waals surface area contributed by atoms with Crippen LogP contribution in [-0.2, 0) is 4.79 Å². The van der Waals surface area contributed by atoms with Crippen LogP contribution in [0.15, 0.2) is 15.8 Å². The van der Waals surface area contributed by atoms with Crippen LogP contribution in [0.3, 0.4) is 0 Å². The van der Waals surface area contributed by atoms with E-state index in [0.29, 0.717) is 0 Å². The molecule has 0 spiro atoms. The molecule has 0 aliphatic carbocycles. The summed E-state index contributed by atoms with van der Waals surface area (Å²) in [6.45, 7) is 1.41. The van der Waals surface area contributed by atoms with Gasteiger partial charge in [0, 0.05) is 19.8 Å². The van der Waals surface area contributed by atoms with Crippen molar-refractivity contribution in [2.75, 3.05) is 13.6 Å². The van der Waals surface area contributed by atoms with E-state index in [2.05, 4.69) is 4.98 Å². The number of rotatable bonds is 4. The van der Waals surface area contributed by atoms with Crippen LogP contribution in [0.5, 0.6) is 0 Å². The molecule has 1 unspecified atom stereocenters. The van der Waals surface area contributed by atoms with Gasteiger partial charge in [0.1, 0.15) is 5.56 Å². The Kier molecular flexibility index (Phi) is 4.03. The normalized spacial score (nSPS) is 11.9. The molecule has 0 aliphatic heterocycles. The van der Waals surface area contributed by atoms with Gasteiger partial charge < -0.3 is 15.0 Å². The molecule has 1 atom stereocenters. The second-order valence-corrected chi connectivity index (χ2v) is 3.91. The highest BCUT2D eigenvalue weighted by Gasteiger charge is 2.20. The lowest BCUT2D eigenvalue weighted by Gasteiger charge is -2.18. The number of H-pyrrole nitrogens is 2. The number of amides is 1. The fourth-order valence-corrected chi connectivity index (χ4v) is 1.35. The number of carboxylic acids is 1. The summed E-state index contributed by atoms with van der Waals surface area (Å²) in [4.78, 5) is 49.8. The molecule has 8 nitrogen and oxygen atoms in total. The van der Waals surface area contributed by atoms with Gasteiger partial charge >= 0.3 is 11.7 Å². The Balaban J connectivity index is 2.90. The van der Waals surface area contributed by atoms with Crippen LogP contribution in [-0.4, -0.2) is 45.4 Å². The molecule has 1 amide bonds. The van der Waals surface area contributed by atoms with E-state index >= 15 is 0 Å². The summed E-state index contributed by atoms with van der Waals surface area (Å²) in [5, 5.41) is 8.72. The van der Waals surface area contributed by atoms with Crippen molar-refractivity contribution >= 4 is 11.9 Å². The maximum absolute atomic E-state index is 11.8. The number of hydrogen-bond donors (Lipinski definition) is 3. The van der Waals surface area contributed by atoms with Crippen molar-refractivity contribution in [2.24, 2.45) is 5.92 Å². The Morgan fingerprint density at radius 1 is 1.44 bits per heavy atom. The Bertz CT molecular complexity index is 573. The minimum Gasteiger partial charge on any atom is -0.481 e. The van der Waals surface area contributed by atoms with Gasteiger partial charge in [-0.2, -0.15) is 0 Å². The molecule has 0 aliphatic rings. The highest BCUT2D eigenvalue weighted by atomic mass is 16.4. The van der Waals surface area contributed by atoms with Gasteiger partial charge in [0.2, 0.25) is 0 Å². The zero-order valence-corrected chi connectivity index (χ0v) is 9.89. The molecule has 1 aromatic rings. The summed E-state index contributed by atoms with van der Waals surface area (Å²) < 4.78 is 0. The van der Waals surface area contributed by atoms with Gasteiger partial charge in [-0.1, -0.05) is 6.92 Å². The molecule has 1 heterocycles. The molecule has 8 heteroatoms. The zero-order valence-electron chi connectivity index (χ0n) is 9.89. The second-order valence-electron chi connectivity index (χ2n) is 3.91. The third-order valence-electron chi connectivity index (χ3n) is 2.37. The number of aromatic amines is 2. The van der Waals surface area contributed by atoms with Crippen molar-refractivity contribution in [3.8, 4) is 0 Å². The molecule has 3 N–H and O–H groups in total. The van der Waals surface area contributed by atoms with Crippen molar-refractivity contribution < 1.29 is 14.7 Å². The number of hydrogen-bond acceptors (Lipinski definition) is 4. The van der Waals surface area contributed by atoms with E-state index in [1.807, 2.05) is 4.98 Å². The van der Waals surface area contributed by atoms with Gasteiger partial charge in [-0.25, -0.2) is 4.79 Å². The number of aliphatic carboxylic acids is 1. The minimum absolute atomic E-state index is 0.0350. The Hall–Kier alpha value is -2.38. The lowest BCUT2D eigenvalue weighted by atomic mass is 10.1. The molecule has 0 fully saturated rings. The quantitative estimate of drug-likeness (QED) is 0.627. The highest BCUT2D eigenvalue weighted by molar-refractivity contribution is 5.93. The molecular weight excluding hydrogens is 242 g/mol. The van der Waals surface area contributed by atoms with Crippen molar-refractivity contribution in [1.82, 2.24) is 14.9 Å². The maximum atomic E-state index is 11.8. The van der Waals surface area contributed by atoms with Crippen LogP contribution in [0, 0.1) is 5.92 Å². The van der Waals surface area contributed by atoms with Gasteiger partial charge in [0.15, 0.2) is 0 Å². The lowest BCUT2D eigenvalue weighted by Crippen LogP contribution is -2.38. The van der Waals surface area contributed by atoms with Crippen LogP contribution in [0.25, 0.3) is 0 Å². The lowest BCUT2D eigenvalue weighted by molar-refractivity contribution is -0.141. The molecule has 0 saturated heterocycles. The van der Waals surface area contributed by atoms with Crippen molar-refractivity contribution in [1.29, 1.82) is 0 Å². The molecule has 0 bridgehead atoms. The van der Waals surface area contributed by atoms with Gasteiger partial charge in [-0.3, -0.25) is 19.4 Å². The summed E-state index contributed by atoms with van der Waals surface area (Å²) in [7, 11) is 1.38. The molecular formula is C10H13N3O5. The van der Waals surface area contributed by atoms with Gasteiger partial charge in [-0.05, 0) is 0 Å². The Morgan fingerprint density at radius 2 is 2.06 bits per heavy atom. The predicted molar refractivity (Wildman–Crippen MR) is 61.4 cm³/mol. The van der Waals surface area contributed by atoms with Crippen LogP contribution >= 0.6 is 0 Å². The van der Waals surface area contributed by atoms with Crippen LogP contribution < -0.4 is 11.2 Å². The average molecular weight is 255 g/mol. The van der Waals surface area contributed by atoms with Gasteiger partial charge in [0.25, 0.3) is 11.5 Å². The first kappa shape index (κ1) is 13.7. The first-order chi connectivity index (χ1) is 8.32. The molecule has 1 aromatic heterocycles. The Labute approximate surface area is 101 Å². The number of aromatic nitrogens is 2. The second kappa shape index (κ2) is 5.30. The molecule has 0 radical (unpaired) electrons. The molecule has 0 saturated carbocycles. The maximum Gasteiger partial charge on any atom is 0.325 e. The number of carbonyl (C=O) groups is 2. The smallest absolute Gasteiger partial charge is 0.325 e. The Morgan fingerprint density at radius 3 is 2.56 bits per heavy atom. The summed E-state index contributed by atoms with van der Waals surface area (Å²) in [5.74, 6) is -2.44. The molecule has 98 valence electrons. The van der Waals surface area contributed by atoms with E-state index in [1.165, 1.54) is 14.0 Å². The monoisotopic (exact) mass is 255 g/mol. The molecule has 0 aromatic carbocycles. The summed E-state index contributed by atoms with van der Waals surface area (Å²) in [6, 6.07) is 0. The van der Waals surface area contributed by atoms with Gasteiger partial charge in [0.05, 0.1) is 5.92 Å². The number of nitrogens with one attached hydrogen (secondary N) is 2. The highest BCUT2D eigenvalue weighted by Crippen LogP contribution is 2.01.